The highest BCUT2D eigenvalue weighted by Gasteiger charge is 2.43. The van der Waals surface area contributed by atoms with Crippen molar-refractivity contribution < 1.29 is 28.7 Å². The fourth-order valence-corrected chi connectivity index (χ4v) is 3.97. The summed E-state index contributed by atoms with van der Waals surface area (Å²) >= 11 is 0. The molecule has 128 valence electrons. The molecule has 0 radical (unpaired) electrons. The molecule has 0 aromatic rings. The Bertz CT molecular complexity index is 696. The lowest BCUT2D eigenvalue weighted by Gasteiger charge is -2.26. The van der Waals surface area contributed by atoms with E-state index in [0.29, 0.717) is 28.7 Å². The first kappa shape index (κ1) is 16.6. The molecule has 0 aromatic heterocycles. The van der Waals surface area contributed by atoms with Crippen molar-refractivity contribution in [2.24, 2.45) is 11.8 Å². The van der Waals surface area contributed by atoms with Gasteiger partial charge >= 0.3 is 23.9 Å². The van der Waals surface area contributed by atoms with Crippen LogP contribution in [0.3, 0.4) is 0 Å². The van der Waals surface area contributed by atoms with Crippen LogP contribution in [0.2, 0.25) is 0 Å². The first-order valence-corrected chi connectivity index (χ1v) is 8.45. The van der Waals surface area contributed by atoms with Crippen molar-refractivity contribution >= 4 is 23.9 Å². The minimum Gasteiger partial charge on any atom is -0.386 e. The lowest BCUT2D eigenvalue weighted by Crippen LogP contribution is -2.22. The number of cyclic esters (lactones) is 4. The van der Waals surface area contributed by atoms with Crippen molar-refractivity contribution in [3.63, 3.8) is 0 Å². The van der Waals surface area contributed by atoms with Crippen molar-refractivity contribution in [3.8, 4) is 0 Å². The smallest absolute Gasteiger partial charge is 0.342 e. The van der Waals surface area contributed by atoms with Crippen molar-refractivity contribution in [3.05, 3.63) is 22.3 Å². The Kier molecular flexibility index (Phi) is 4.39. The molecule has 0 unspecified atom stereocenters. The summed E-state index contributed by atoms with van der Waals surface area (Å²) in [5.74, 6) is -2.56. The maximum Gasteiger partial charge on any atom is 0.342 e. The zero-order valence-corrected chi connectivity index (χ0v) is 13.8. The van der Waals surface area contributed by atoms with E-state index in [1.165, 1.54) is 0 Å². The van der Waals surface area contributed by atoms with Crippen molar-refractivity contribution in [1.29, 1.82) is 0 Å². The van der Waals surface area contributed by atoms with E-state index in [0.717, 1.165) is 19.3 Å². The van der Waals surface area contributed by atoms with Gasteiger partial charge in [-0.05, 0) is 37.5 Å². The lowest BCUT2D eigenvalue weighted by molar-refractivity contribution is -0.153. The highest BCUT2D eigenvalue weighted by molar-refractivity contribution is 6.14. The number of esters is 4. The van der Waals surface area contributed by atoms with Crippen molar-refractivity contribution in [2.45, 2.75) is 52.4 Å². The predicted molar refractivity (Wildman–Crippen MR) is 82.3 cm³/mol. The minimum absolute atomic E-state index is 0.0186. The second-order valence-electron chi connectivity index (χ2n) is 6.47. The largest absolute Gasteiger partial charge is 0.386 e. The molecule has 3 rings (SSSR count). The molecule has 2 heterocycles. The number of hydrogen-bond donors (Lipinski definition) is 0. The number of ether oxygens (including phenoxy) is 2. The third-order valence-corrected chi connectivity index (χ3v) is 5.17. The van der Waals surface area contributed by atoms with E-state index in [1.54, 1.807) is 0 Å². The topological polar surface area (TPSA) is 86.7 Å². The maximum atomic E-state index is 12.2. The molecule has 2 aliphatic heterocycles. The van der Waals surface area contributed by atoms with Gasteiger partial charge in [0, 0.05) is 16.7 Å². The molecule has 0 spiro atoms. The van der Waals surface area contributed by atoms with Gasteiger partial charge in [-0.1, -0.05) is 26.7 Å². The Labute approximate surface area is 139 Å². The molecule has 1 aliphatic carbocycles. The van der Waals surface area contributed by atoms with Gasteiger partial charge in [-0.25, -0.2) is 19.2 Å². The molecule has 0 bridgehead atoms. The third kappa shape index (κ3) is 2.60. The van der Waals surface area contributed by atoms with Crippen LogP contribution in [0.5, 0.6) is 0 Å². The number of carbonyl (C=O) groups is 4. The Balaban J connectivity index is 2.10. The summed E-state index contributed by atoms with van der Waals surface area (Å²) < 4.78 is 9.59. The first-order valence-electron chi connectivity index (χ1n) is 8.45. The molecule has 6 nitrogen and oxygen atoms in total. The molecule has 0 amide bonds. The Morgan fingerprint density at radius 2 is 1.42 bits per heavy atom. The molecule has 0 fully saturated rings. The monoisotopic (exact) mass is 332 g/mol. The minimum atomic E-state index is -0.626. The van der Waals surface area contributed by atoms with Crippen LogP contribution >= 0.6 is 0 Å². The third-order valence-electron chi connectivity index (χ3n) is 5.17. The van der Waals surface area contributed by atoms with Crippen LogP contribution in [0.4, 0.5) is 0 Å². The molecular weight excluding hydrogens is 312 g/mol. The lowest BCUT2D eigenvalue weighted by atomic mass is 9.76. The highest BCUT2D eigenvalue weighted by atomic mass is 16.6. The van der Waals surface area contributed by atoms with Gasteiger partial charge in [-0.2, -0.15) is 0 Å². The second-order valence-corrected chi connectivity index (χ2v) is 6.47. The first-order chi connectivity index (χ1) is 11.5. The Morgan fingerprint density at radius 1 is 0.833 bits per heavy atom. The Hall–Kier alpha value is -2.24. The molecular formula is C18H20O6. The van der Waals surface area contributed by atoms with E-state index in [4.69, 9.17) is 9.47 Å². The molecule has 2 atom stereocenters. The SMILES string of the molecule is CCC[C@@H]1C2=C(CCC3=C(C[C@@H]1CC)C(=O)OC3=O)C(=O)OC2=O. The van der Waals surface area contributed by atoms with Crippen LogP contribution in [0.15, 0.2) is 22.3 Å². The average molecular weight is 332 g/mol. The summed E-state index contributed by atoms with van der Waals surface area (Å²) in [6.45, 7) is 4.00. The van der Waals surface area contributed by atoms with Crippen LogP contribution in [0.1, 0.15) is 52.4 Å². The van der Waals surface area contributed by atoms with Crippen LogP contribution in [-0.4, -0.2) is 23.9 Å². The van der Waals surface area contributed by atoms with Gasteiger partial charge in [0.2, 0.25) is 0 Å². The summed E-state index contributed by atoms with van der Waals surface area (Å²) in [7, 11) is 0. The van der Waals surface area contributed by atoms with Crippen LogP contribution in [0, 0.1) is 11.8 Å². The van der Waals surface area contributed by atoms with Crippen LogP contribution in [0.25, 0.3) is 0 Å². The summed E-state index contributed by atoms with van der Waals surface area (Å²) in [5.41, 5.74) is 1.57. The standard InChI is InChI=1S/C18H20O6/c1-3-5-10-9(4-2)8-13-11(15(19)23-17(13)21)6-7-12-14(10)18(22)24-16(12)20/h9-10H,3-8H2,1-2H3/t9-,10-/m0/s1. The Morgan fingerprint density at radius 3 is 2.08 bits per heavy atom. The van der Waals surface area contributed by atoms with Crippen molar-refractivity contribution in [2.75, 3.05) is 0 Å². The summed E-state index contributed by atoms with van der Waals surface area (Å²) in [6, 6.07) is 0. The molecule has 24 heavy (non-hydrogen) atoms. The van der Waals surface area contributed by atoms with Crippen LogP contribution < -0.4 is 0 Å². The quantitative estimate of drug-likeness (QED) is 0.582. The molecule has 6 heteroatoms. The number of hydrogen-bond acceptors (Lipinski definition) is 6. The van der Waals surface area contributed by atoms with Gasteiger partial charge < -0.3 is 9.47 Å². The molecule has 0 N–H and O–H groups in total. The van der Waals surface area contributed by atoms with Crippen molar-refractivity contribution in [1.82, 2.24) is 0 Å². The maximum absolute atomic E-state index is 12.2. The second kappa shape index (κ2) is 6.34. The van der Waals surface area contributed by atoms with Gasteiger partial charge in [0.1, 0.15) is 0 Å². The molecule has 0 saturated carbocycles. The fraction of sp³-hybridized carbons (Fsp3) is 0.556. The van der Waals surface area contributed by atoms with E-state index >= 15 is 0 Å². The zero-order chi connectivity index (χ0) is 17.4. The number of carbonyl (C=O) groups excluding carboxylic acids is 4. The molecule has 3 aliphatic rings. The van der Waals surface area contributed by atoms with Gasteiger partial charge in [-0.15, -0.1) is 0 Å². The normalized spacial score (nSPS) is 27.4. The number of rotatable bonds is 3. The fourth-order valence-electron chi connectivity index (χ4n) is 3.97. The van der Waals surface area contributed by atoms with E-state index in [1.807, 2.05) is 13.8 Å². The van der Waals surface area contributed by atoms with Gasteiger partial charge in [0.25, 0.3) is 0 Å². The average Bonchev–Trinajstić information content (AvgIpc) is 2.98. The zero-order valence-electron chi connectivity index (χ0n) is 13.8. The van der Waals surface area contributed by atoms with E-state index in [-0.39, 0.29) is 24.7 Å². The van der Waals surface area contributed by atoms with Gasteiger partial charge in [-0.3, -0.25) is 0 Å². The van der Waals surface area contributed by atoms with Gasteiger partial charge in [0.05, 0.1) is 5.57 Å². The summed E-state index contributed by atoms with van der Waals surface area (Å²) in [6.07, 6.45) is 3.12. The van der Waals surface area contributed by atoms with Crippen LogP contribution in [-0.2, 0) is 28.7 Å². The van der Waals surface area contributed by atoms with E-state index in [9.17, 15) is 19.2 Å². The molecule has 0 saturated heterocycles. The van der Waals surface area contributed by atoms with Gasteiger partial charge in [0.15, 0.2) is 0 Å². The summed E-state index contributed by atoms with van der Waals surface area (Å²) in [5, 5.41) is 0. The van der Waals surface area contributed by atoms with E-state index < -0.39 is 23.9 Å². The summed E-state index contributed by atoms with van der Waals surface area (Å²) in [4.78, 5) is 48.3. The highest BCUT2D eigenvalue weighted by Crippen LogP contribution is 2.42. The molecule has 0 aromatic carbocycles. The van der Waals surface area contributed by atoms with E-state index in [2.05, 4.69) is 0 Å². The predicted octanol–water partition coefficient (Wildman–Crippen LogP) is 2.37.